The van der Waals surface area contributed by atoms with Gasteiger partial charge in [0.1, 0.15) is 16.1 Å². The van der Waals surface area contributed by atoms with Crippen LogP contribution in [0.25, 0.3) is 10.4 Å². The molecule has 2 atom stereocenters. The van der Waals surface area contributed by atoms with Gasteiger partial charge in [-0.1, -0.05) is 12.1 Å². The Bertz CT molecular complexity index is 1280. The maximum Gasteiger partial charge on any atom is 0.263 e. The average molecular weight is 548 g/mol. The molecule has 14 heteroatoms. The lowest BCUT2D eigenvalue weighted by atomic mass is 10.2. The van der Waals surface area contributed by atoms with Crippen molar-refractivity contribution in [2.24, 2.45) is 0 Å². The summed E-state index contributed by atoms with van der Waals surface area (Å²) >= 11 is 0.940. The molecular formula is C21H26FN3O7S3. The smallest absolute Gasteiger partial charge is 0.263 e. The lowest BCUT2D eigenvalue weighted by molar-refractivity contribution is -0.202. The summed E-state index contributed by atoms with van der Waals surface area (Å²) in [6.07, 6.45) is 2.66. The van der Waals surface area contributed by atoms with Gasteiger partial charge >= 0.3 is 0 Å². The molecule has 192 valence electrons. The maximum absolute atomic E-state index is 13.6. The Balaban J connectivity index is 1.57. The highest BCUT2D eigenvalue weighted by molar-refractivity contribution is 7.91. The first-order chi connectivity index (χ1) is 16.6. The lowest BCUT2D eigenvalue weighted by Gasteiger charge is -2.38. The fraction of sp³-hybridized carbons (Fsp3) is 0.476. The standard InChI is InChI=1S/C21H26FN3O7S3/c1-34(27,28)24-10-11-25(17(14-24)21(26)23-32-19-7-2-3-12-31-19)35(29,30)20-9-8-18(33-20)15-5-4-6-16(22)13-15/h4-6,8-9,13,17,19H,2-3,7,10-12,14H2,1H3,(H,23,26). The van der Waals surface area contributed by atoms with Crippen molar-refractivity contribution >= 4 is 37.3 Å². The summed E-state index contributed by atoms with van der Waals surface area (Å²) in [7, 11) is -7.84. The summed E-state index contributed by atoms with van der Waals surface area (Å²) in [4.78, 5) is 18.9. The van der Waals surface area contributed by atoms with E-state index in [1.165, 1.54) is 24.3 Å². The molecule has 1 aromatic heterocycles. The van der Waals surface area contributed by atoms with Crippen LogP contribution in [0.15, 0.2) is 40.6 Å². The molecule has 2 aliphatic rings. The van der Waals surface area contributed by atoms with E-state index in [9.17, 15) is 26.0 Å². The molecule has 1 aromatic carbocycles. The third-order valence-electron chi connectivity index (χ3n) is 5.75. The fourth-order valence-corrected chi connectivity index (χ4v) is 7.74. The van der Waals surface area contributed by atoms with Crippen molar-refractivity contribution in [3.8, 4) is 10.4 Å². The van der Waals surface area contributed by atoms with Crippen LogP contribution in [-0.2, 0) is 34.4 Å². The number of halogens is 1. The maximum atomic E-state index is 13.6. The third-order valence-corrected chi connectivity index (χ3v) is 10.5. The molecule has 0 spiro atoms. The number of rotatable bonds is 7. The Labute approximate surface area is 207 Å². The summed E-state index contributed by atoms with van der Waals surface area (Å²) in [5.74, 6) is -1.24. The number of hydrogen-bond acceptors (Lipinski definition) is 8. The van der Waals surface area contributed by atoms with Gasteiger partial charge in [-0.25, -0.2) is 31.5 Å². The van der Waals surface area contributed by atoms with Crippen LogP contribution in [0.2, 0.25) is 0 Å². The van der Waals surface area contributed by atoms with Crippen molar-refractivity contribution < 1.29 is 35.6 Å². The van der Waals surface area contributed by atoms with Crippen molar-refractivity contribution in [2.75, 3.05) is 32.5 Å². The van der Waals surface area contributed by atoms with Gasteiger partial charge in [0.25, 0.3) is 15.9 Å². The quantitative estimate of drug-likeness (QED) is 0.524. The molecule has 0 saturated carbocycles. The minimum Gasteiger partial charge on any atom is -0.350 e. The zero-order valence-corrected chi connectivity index (χ0v) is 21.4. The van der Waals surface area contributed by atoms with Crippen LogP contribution in [0.4, 0.5) is 4.39 Å². The monoisotopic (exact) mass is 547 g/mol. The van der Waals surface area contributed by atoms with E-state index in [1.807, 2.05) is 0 Å². The van der Waals surface area contributed by atoms with E-state index in [1.54, 1.807) is 12.1 Å². The highest BCUT2D eigenvalue weighted by Crippen LogP contribution is 2.34. The second-order valence-corrected chi connectivity index (χ2v) is 13.4. The number of carbonyl (C=O) groups is 1. The van der Waals surface area contributed by atoms with E-state index in [0.717, 1.165) is 39.0 Å². The second kappa shape index (κ2) is 10.6. The van der Waals surface area contributed by atoms with E-state index >= 15 is 0 Å². The van der Waals surface area contributed by atoms with Crippen LogP contribution in [0.3, 0.4) is 0 Å². The molecular weight excluding hydrogens is 521 g/mol. The molecule has 10 nitrogen and oxygen atoms in total. The highest BCUT2D eigenvalue weighted by Gasteiger charge is 2.43. The number of sulfonamides is 2. The number of hydroxylamine groups is 1. The summed E-state index contributed by atoms with van der Waals surface area (Å²) in [6.45, 7) is -0.198. The molecule has 1 N–H and O–H groups in total. The molecule has 4 rings (SSSR count). The largest absolute Gasteiger partial charge is 0.350 e. The Morgan fingerprint density at radius 3 is 2.66 bits per heavy atom. The summed E-state index contributed by atoms with van der Waals surface area (Å²) in [5, 5.41) is 0. The minimum absolute atomic E-state index is 0.0427. The van der Waals surface area contributed by atoms with Crippen LogP contribution in [-0.4, -0.2) is 76.2 Å². The Kier molecular flexibility index (Phi) is 7.90. The molecule has 0 bridgehead atoms. The topological polar surface area (TPSA) is 122 Å². The van der Waals surface area contributed by atoms with Crippen LogP contribution >= 0.6 is 11.3 Å². The Morgan fingerprint density at radius 1 is 1.17 bits per heavy atom. The van der Waals surface area contributed by atoms with Crippen molar-refractivity contribution in [2.45, 2.75) is 35.8 Å². The fourth-order valence-electron chi connectivity index (χ4n) is 3.91. The number of hydrogen-bond donors (Lipinski definition) is 1. The van der Waals surface area contributed by atoms with Crippen LogP contribution < -0.4 is 5.48 Å². The number of piperazine rings is 1. The van der Waals surface area contributed by atoms with Crippen molar-refractivity contribution in [1.82, 2.24) is 14.1 Å². The number of nitrogens with zero attached hydrogens (tertiary/aromatic N) is 2. The SMILES string of the molecule is CS(=O)(=O)N1CCN(S(=O)(=O)c2ccc(-c3cccc(F)c3)s2)C(C(=O)NOC2CCCCO2)C1. The zero-order valence-electron chi connectivity index (χ0n) is 18.9. The molecule has 1 amide bonds. The van der Waals surface area contributed by atoms with Gasteiger partial charge in [0, 0.05) is 37.5 Å². The van der Waals surface area contributed by atoms with E-state index in [0.29, 0.717) is 23.5 Å². The average Bonchev–Trinajstić information content (AvgIpc) is 3.34. The van der Waals surface area contributed by atoms with E-state index in [2.05, 4.69) is 5.48 Å². The second-order valence-electron chi connectivity index (χ2n) is 8.26. The zero-order chi connectivity index (χ0) is 25.2. The first-order valence-corrected chi connectivity index (χ1v) is 15.1. The van der Waals surface area contributed by atoms with Crippen molar-refractivity contribution in [1.29, 1.82) is 0 Å². The summed E-state index contributed by atoms with van der Waals surface area (Å²) in [5.41, 5.74) is 2.78. The minimum atomic E-state index is -4.18. The number of benzene rings is 1. The molecule has 2 unspecified atom stereocenters. The highest BCUT2D eigenvalue weighted by atomic mass is 32.2. The number of amides is 1. The molecule has 2 aromatic rings. The first-order valence-electron chi connectivity index (χ1n) is 11.0. The number of ether oxygens (including phenoxy) is 1. The van der Waals surface area contributed by atoms with Gasteiger partial charge in [-0.05, 0) is 42.7 Å². The Morgan fingerprint density at radius 2 is 1.97 bits per heavy atom. The van der Waals surface area contributed by atoms with Crippen molar-refractivity contribution in [3.63, 3.8) is 0 Å². The third kappa shape index (κ3) is 6.07. The number of nitrogens with one attached hydrogen (secondary N) is 1. The van der Waals surface area contributed by atoms with E-state index in [4.69, 9.17) is 9.57 Å². The van der Waals surface area contributed by atoms with Gasteiger partial charge < -0.3 is 4.74 Å². The van der Waals surface area contributed by atoms with Gasteiger partial charge in [0.2, 0.25) is 10.0 Å². The predicted molar refractivity (Wildman–Crippen MR) is 127 cm³/mol. The Hall–Kier alpha value is -1.94. The predicted octanol–water partition coefficient (Wildman–Crippen LogP) is 1.76. The summed E-state index contributed by atoms with van der Waals surface area (Å²) < 4.78 is 72.3. The van der Waals surface area contributed by atoms with Gasteiger partial charge in [-0.2, -0.15) is 8.61 Å². The molecule has 3 heterocycles. The summed E-state index contributed by atoms with van der Waals surface area (Å²) in [6, 6.07) is 7.39. The molecule has 35 heavy (non-hydrogen) atoms. The van der Waals surface area contributed by atoms with Crippen molar-refractivity contribution in [3.05, 3.63) is 42.2 Å². The van der Waals surface area contributed by atoms with E-state index in [-0.39, 0.29) is 23.8 Å². The molecule has 2 aliphatic heterocycles. The van der Waals surface area contributed by atoms with Gasteiger partial charge in [0.05, 0.1) is 6.26 Å². The molecule has 2 fully saturated rings. The normalized spacial score (nSPS) is 22.7. The van der Waals surface area contributed by atoms with Crippen LogP contribution in [0.5, 0.6) is 0 Å². The van der Waals surface area contributed by atoms with Crippen LogP contribution in [0.1, 0.15) is 19.3 Å². The lowest BCUT2D eigenvalue weighted by Crippen LogP contribution is -2.61. The van der Waals surface area contributed by atoms with Gasteiger partial charge in [-0.3, -0.25) is 4.79 Å². The van der Waals surface area contributed by atoms with Gasteiger partial charge in [0.15, 0.2) is 6.29 Å². The molecule has 0 radical (unpaired) electrons. The van der Waals surface area contributed by atoms with Crippen LogP contribution in [0, 0.1) is 5.82 Å². The first kappa shape index (κ1) is 26.1. The van der Waals surface area contributed by atoms with Gasteiger partial charge in [-0.15, -0.1) is 11.3 Å². The van der Waals surface area contributed by atoms with E-state index < -0.39 is 44.1 Å². The number of carbonyl (C=O) groups excluding carboxylic acids is 1. The number of thiophene rings is 1. The molecule has 0 aliphatic carbocycles. The molecule has 2 saturated heterocycles.